The lowest BCUT2D eigenvalue weighted by atomic mass is 9.86. The van der Waals surface area contributed by atoms with E-state index >= 15 is 0 Å². The van der Waals surface area contributed by atoms with Gasteiger partial charge in [0.05, 0.1) is 6.42 Å². The van der Waals surface area contributed by atoms with Crippen LogP contribution in [0.4, 0.5) is 0 Å². The molecule has 1 fully saturated rings. The Hall–Kier alpha value is -0.480. The summed E-state index contributed by atoms with van der Waals surface area (Å²) in [5.74, 6) is 0.284. The van der Waals surface area contributed by atoms with E-state index in [-0.39, 0.29) is 23.9 Å². The lowest BCUT2D eigenvalue weighted by molar-refractivity contribution is -0.130. The number of halogens is 1. The highest BCUT2D eigenvalue weighted by atomic mass is 79.9. The van der Waals surface area contributed by atoms with Crippen molar-refractivity contribution in [2.45, 2.75) is 25.2 Å². The van der Waals surface area contributed by atoms with Crippen LogP contribution in [0.5, 0.6) is 0 Å². The van der Waals surface area contributed by atoms with E-state index in [0.29, 0.717) is 12.8 Å². The van der Waals surface area contributed by atoms with E-state index in [0.717, 1.165) is 9.35 Å². The monoisotopic (exact) mass is 272 g/mol. The molecule has 0 aliphatic heterocycles. The van der Waals surface area contributed by atoms with Crippen molar-refractivity contribution in [3.8, 4) is 0 Å². The van der Waals surface area contributed by atoms with Gasteiger partial charge in [-0.15, -0.1) is 11.3 Å². The molecule has 0 radical (unpaired) electrons. The Morgan fingerprint density at radius 1 is 1.29 bits per heavy atom. The number of rotatable bonds is 1. The Kier molecular flexibility index (Phi) is 2.83. The Balaban J connectivity index is 2.18. The summed E-state index contributed by atoms with van der Waals surface area (Å²) in [5.41, 5.74) is 0. The fraction of sp³-hybridized carbons (Fsp3) is 0.400. The number of Topliss-reactive ketones (excluding diaryl/α,β-unsaturated/α-hetero) is 2. The molecule has 1 aliphatic carbocycles. The van der Waals surface area contributed by atoms with Crippen LogP contribution in [0.1, 0.15) is 30.1 Å². The minimum atomic E-state index is 0.0794. The van der Waals surface area contributed by atoms with Crippen LogP contribution in [0, 0.1) is 0 Å². The molecule has 0 N–H and O–H groups in total. The van der Waals surface area contributed by atoms with Crippen LogP contribution in [0.25, 0.3) is 0 Å². The molecule has 1 aromatic heterocycles. The normalized spacial score (nSPS) is 18.9. The molecular formula is C10H9BrO2S. The Labute approximate surface area is 94.4 Å². The summed E-state index contributed by atoms with van der Waals surface area (Å²) in [6.07, 6.45) is 1.19. The number of carbonyl (C=O) groups excluding carboxylic acids is 2. The van der Waals surface area contributed by atoms with Gasteiger partial charge in [-0.25, -0.2) is 0 Å². The van der Waals surface area contributed by atoms with Gasteiger partial charge in [0.25, 0.3) is 0 Å². The zero-order valence-corrected chi connectivity index (χ0v) is 9.86. The fourth-order valence-electron chi connectivity index (χ4n) is 1.73. The lowest BCUT2D eigenvalue weighted by Gasteiger charge is -2.18. The standard InChI is InChI=1S/C10H9BrO2S/c11-7-3-10(14-5-7)6-1-8(12)4-9(13)2-6/h3,5-6H,1-2,4H2. The summed E-state index contributed by atoms with van der Waals surface area (Å²) >= 11 is 4.98. The first-order chi connectivity index (χ1) is 6.65. The van der Waals surface area contributed by atoms with Crippen molar-refractivity contribution in [1.29, 1.82) is 0 Å². The number of hydrogen-bond donors (Lipinski definition) is 0. The van der Waals surface area contributed by atoms with E-state index in [9.17, 15) is 9.59 Å². The topological polar surface area (TPSA) is 34.1 Å². The van der Waals surface area contributed by atoms with Crippen LogP contribution in [-0.2, 0) is 9.59 Å². The maximum Gasteiger partial charge on any atom is 0.140 e. The number of ketones is 2. The van der Waals surface area contributed by atoms with Crippen LogP contribution < -0.4 is 0 Å². The number of thiophene rings is 1. The van der Waals surface area contributed by atoms with Crippen molar-refractivity contribution in [3.05, 3.63) is 20.8 Å². The zero-order valence-electron chi connectivity index (χ0n) is 7.46. The van der Waals surface area contributed by atoms with Gasteiger partial charge in [0.1, 0.15) is 11.6 Å². The molecule has 1 aliphatic rings. The summed E-state index contributed by atoms with van der Waals surface area (Å²) in [6.45, 7) is 0. The van der Waals surface area contributed by atoms with Crippen molar-refractivity contribution in [3.63, 3.8) is 0 Å². The van der Waals surface area contributed by atoms with Crippen molar-refractivity contribution in [2.75, 3.05) is 0 Å². The molecule has 1 saturated carbocycles. The minimum Gasteiger partial charge on any atom is -0.299 e. The Morgan fingerprint density at radius 3 is 2.43 bits per heavy atom. The van der Waals surface area contributed by atoms with Gasteiger partial charge in [0.15, 0.2) is 0 Å². The van der Waals surface area contributed by atoms with Gasteiger partial charge in [0, 0.05) is 33.5 Å². The molecule has 1 heterocycles. The average Bonchev–Trinajstić information content (AvgIpc) is 2.50. The smallest absolute Gasteiger partial charge is 0.140 e. The first kappa shape index (κ1) is 10.1. The third-order valence-corrected chi connectivity index (χ3v) is 4.19. The summed E-state index contributed by atoms with van der Waals surface area (Å²) in [6, 6.07) is 2.00. The van der Waals surface area contributed by atoms with Gasteiger partial charge in [-0.3, -0.25) is 9.59 Å². The van der Waals surface area contributed by atoms with E-state index in [2.05, 4.69) is 15.9 Å². The highest BCUT2D eigenvalue weighted by Crippen LogP contribution is 2.34. The Morgan fingerprint density at radius 2 is 1.93 bits per heavy atom. The Bertz CT molecular complexity index is 367. The maximum absolute atomic E-state index is 11.2. The molecule has 0 spiro atoms. The summed E-state index contributed by atoms with van der Waals surface area (Å²) in [4.78, 5) is 23.6. The molecule has 14 heavy (non-hydrogen) atoms. The first-order valence-electron chi connectivity index (χ1n) is 4.42. The number of hydrogen-bond acceptors (Lipinski definition) is 3. The average molecular weight is 273 g/mol. The quantitative estimate of drug-likeness (QED) is 0.737. The van der Waals surface area contributed by atoms with Crippen LogP contribution in [0.2, 0.25) is 0 Å². The molecule has 2 nitrogen and oxygen atoms in total. The van der Waals surface area contributed by atoms with Crippen molar-refractivity contribution in [2.24, 2.45) is 0 Å². The third-order valence-electron chi connectivity index (χ3n) is 2.33. The highest BCUT2D eigenvalue weighted by molar-refractivity contribution is 9.10. The molecule has 0 bridgehead atoms. The van der Waals surface area contributed by atoms with E-state index in [1.54, 1.807) is 11.3 Å². The van der Waals surface area contributed by atoms with Gasteiger partial charge >= 0.3 is 0 Å². The molecule has 1 aromatic rings. The predicted molar refractivity (Wildman–Crippen MR) is 58.6 cm³/mol. The summed E-state index contributed by atoms with van der Waals surface area (Å²) in [5, 5.41) is 1.99. The number of carbonyl (C=O) groups is 2. The molecule has 0 saturated heterocycles. The third kappa shape index (κ3) is 2.12. The molecule has 0 unspecified atom stereocenters. The second kappa shape index (κ2) is 3.95. The first-order valence-corrected chi connectivity index (χ1v) is 6.10. The second-order valence-electron chi connectivity index (χ2n) is 3.53. The van der Waals surface area contributed by atoms with E-state index < -0.39 is 0 Å². The molecule has 74 valence electrons. The molecule has 4 heteroatoms. The van der Waals surface area contributed by atoms with Gasteiger partial charge < -0.3 is 0 Å². The summed E-state index contributed by atoms with van der Waals surface area (Å²) < 4.78 is 1.03. The van der Waals surface area contributed by atoms with Gasteiger partial charge in [0.2, 0.25) is 0 Å². The van der Waals surface area contributed by atoms with E-state index in [1.807, 2.05) is 11.4 Å². The maximum atomic E-state index is 11.2. The largest absolute Gasteiger partial charge is 0.299 e. The minimum absolute atomic E-state index is 0.0794. The van der Waals surface area contributed by atoms with Crippen molar-refractivity contribution < 1.29 is 9.59 Å². The molecule has 0 aromatic carbocycles. The van der Waals surface area contributed by atoms with Crippen LogP contribution in [0.3, 0.4) is 0 Å². The van der Waals surface area contributed by atoms with E-state index in [4.69, 9.17) is 0 Å². The SMILES string of the molecule is O=C1CC(=O)CC(c2cc(Br)cs2)C1. The highest BCUT2D eigenvalue weighted by Gasteiger charge is 2.27. The van der Waals surface area contributed by atoms with E-state index in [1.165, 1.54) is 0 Å². The molecule has 2 rings (SSSR count). The lowest BCUT2D eigenvalue weighted by Crippen LogP contribution is -2.20. The molecule has 0 amide bonds. The van der Waals surface area contributed by atoms with Gasteiger partial charge in [-0.1, -0.05) is 0 Å². The summed E-state index contributed by atoms with van der Waals surface area (Å²) in [7, 11) is 0. The fourth-order valence-corrected chi connectivity index (χ4v) is 3.28. The van der Waals surface area contributed by atoms with Crippen LogP contribution in [-0.4, -0.2) is 11.6 Å². The molecular weight excluding hydrogens is 264 g/mol. The van der Waals surface area contributed by atoms with Gasteiger partial charge in [-0.05, 0) is 22.0 Å². The molecule has 0 atom stereocenters. The zero-order chi connectivity index (χ0) is 10.1. The van der Waals surface area contributed by atoms with Gasteiger partial charge in [-0.2, -0.15) is 0 Å². The van der Waals surface area contributed by atoms with Crippen LogP contribution >= 0.6 is 27.3 Å². The predicted octanol–water partition coefficient (Wildman–Crippen LogP) is 2.92. The van der Waals surface area contributed by atoms with Crippen molar-refractivity contribution in [1.82, 2.24) is 0 Å². The second-order valence-corrected chi connectivity index (χ2v) is 5.39. The van der Waals surface area contributed by atoms with Crippen LogP contribution in [0.15, 0.2) is 15.9 Å². The van der Waals surface area contributed by atoms with Crippen molar-refractivity contribution >= 4 is 38.8 Å².